The van der Waals surface area contributed by atoms with Crippen molar-refractivity contribution in [3.63, 3.8) is 0 Å². The second-order valence-corrected chi connectivity index (χ2v) is 4.30. The Morgan fingerprint density at radius 1 is 0.857 bits per heavy atom. The smallest absolute Gasteiger partial charge is 0.407 e. The van der Waals surface area contributed by atoms with Crippen molar-refractivity contribution >= 4 is 6.09 Å². The van der Waals surface area contributed by atoms with Gasteiger partial charge in [0.15, 0.2) is 0 Å². The molecule has 21 heavy (non-hydrogen) atoms. The topological polar surface area (TPSA) is 78.1 Å². The average Bonchev–Trinajstić information content (AvgIpc) is 2.48. The van der Waals surface area contributed by atoms with Crippen molar-refractivity contribution in [1.29, 1.82) is 0 Å². The first-order chi connectivity index (χ1) is 10.3. The maximum absolute atomic E-state index is 11.0. The zero-order valence-electron chi connectivity index (χ0n) is 13.3. The highest BCUT2D eigenvalue weighted by atomic mass is 16.5. The highest BCUT2D eigenvalue weighted by molar-refractivity contribution is 5.66. The van der Waals surface area contributed by atoms with Crippen LogP contribution in [0.1, 0.15) is 19.8 Å². The van der Waals surface area contributed by atoms with Crippen molar-refractivity contribution in [2.45, 2.75) is 19.8 Å². The molecule has 2 N–H and O–H groups in total. The summed E-state index contributed by atoms with van der Waals surface area (Å²) < 4.78 is 20.8. The third-order valence-corrected chi connectivity index (χ3v) is 2.47. The van der Waals surface area contributed by atoms with Gasteiger partial charge >= 0.3 is 6.09 Å². The summed E-state index contributed by atoms with van der Waals surface area (Å²) in [6.07, 6.45) is 1.39. The Labute approximate surface area is 127 Å². The van der Waals surface area contributed by atoms with E-state index in [0.29, 0.717) is 46.2 Å². The number of hydrogen-bond acceptors (Lipinski definition) is 6. The van der Waals surface area contributed by atoms with Crippen molar-refractivity contribution in [3.8, 4) is 0 Å². The fraction of sp³-hybridized carbons (Fsp3) is 0.929. The average molecular weight is 306 g/mol. The molecule has 0 aromatic carbocycles. The van der Waals surface area contributed by atoms with E-state index >= 15 is 0 Å². The highest BCUT2D eigenvalue weighted by Crippen LogP contribution is 1.86. The SMILES string of the molecule is CCOC(=O)NCCCOCCOCCOCCCNC. The van der Waals surface area contributed by atoms with Crippen molar-refractivity contribution < 1.29 is 23.7 Å². The predicted octanol–water partition coefficient (Wildman–Crippen LogP) is 0.782. The van der Waals surface area contributed by atoms with Gasteiger partial charge in [0.05, 0.1) is 33.0 Å². The lowest BCUT2D eigenvalue weighted by atomic mass is 10.4. The van der Waals surface area contributed by atoms with Crippen LogP contribution >= 0.6 is 0 Å². The number of ether oxygens (including phenoxy) is 4. The Morgan fingerprint density at radius 3 is 1.90 bits per heavy atom. The number of carbonyl (C=O) groups is 1. The molecule has 0 aliphatic heterocycles. The van der Waals surface area contributed by atoms with Gasteiger partial charge in [0, 0.05) is 19.8 Å². The molecule has 0 saturated heterocycles. The van der Waals surface area contributed by atoms with E-state index < -0.39 is 0 Å². The molecule has 126 valence electrons. The first-order valence-corrected chi connectivity index (χ1v) is 7.59. The normalized spacial score (nSPS) is 10.6. The zero-order valence-corrected chi connectivity index (χ0v) is 13.3. The molecule has 0 spiro atoms. The molecule has 7 nitrogen and oxygen atoms in total. The van der Waals surface area contributed by atoms with E-state index in [-0.39, 0.29) is 6.09 Å². The number of nitrogens with one attached hydrogen (secondary N) is 2. The Hall–Kier alpha value is -0.890. The lowest BCUT2D eigenvalue weighted by Gasteiger charge is -2.07. The summed E-state index contributed by atoms with van der Waals surface area (Å²) >= 11 is 0. The van der Waals surface area contributed by atoms with Crippen molar-refractivity contribution in [2.75, 3.05) is 66.4 Å². The van der Waals surface area contributed by atoms with Gasteiger partial charge in [-0.15, -0.1) is 0 Å². The van der Waals surface area contributed by atoms with Crippen molar-refractivity contribution in [2.24, 2.45) is 0 Å². The molecule has 7 heteroatoms. The Morgan fingerprint density at radius 2 is 1.38 bits per heavy atom. The molecule has 0 heterocycles. The zero-order chi connectivity index (χ0) is 15.6. The van der Waals surface area contributed by atoms with Crippen LogP contribution in [0.4, 0.5) is 4.79 Å². The molecule has 0 unspecified atom stereocenters. The minimum absolute atomic E-state index is 0.379. The molecule has 0 radical (unpaired) electrons. The van der Waals surface area contributed by atoms with Gasteiger partial charge in [-0.1, -0.05) is 0 Å². The summed E-state index contributed by atoms with van der Waals surface area (Å²) in [5.41, 5.74) is 0. The maximum atomic E-state index is 11.0. The van der Waals surface area contributed by atoms with Crippen LogP contribution in [0, 0.1) is 0 Å². The summed E-state index contributed by atoms with van der Waals surface area (Å²) in [5, 5.41) is 5.69. The van der Waals surface area contributed by atoms with Crippen LogP contribution in [-0.2, 0) is 18.9 Å². The Kier molecular flexibility index (Phi) is 16.4. The van der Waals surface area contributed by atoms with E-state index in [0.717, 1.165) is 26.0 Å². The Balaban J connectivity index is 3.01. The standard InChI is InChI=1S/C14H30N2O5/c1-3-21-14(17)16-7-5-9-19-11-13-20-12-10-18-8-4-6-15-2/h15H,3-13H2,1-2H3,(H,16,17). The fourth-order valence-corrected chi connectivity index (χ4v) is 1.44. The van der Waals surface area contributed by atoms with Crippen LogP contribution in [0.25, 0.3) is 0 Å². The second kappa shape index (κ2) is 17.2. The summed E-state index contributed by atoms with van der Waals surface area (Å²) in [7, 11) is 1.93. The minimum Gasteiger partial charge on any atom is -0.450 e. The molecule has 0 atom stereocenters. The van der Waals surface area contributed by atoms with E-state index in [1.165, 1.54) is 0 Å². The van der Waals surface area contributed by atoms with Gasteiger partial charge in [0.25, 0.3) is 0 Å². The van der Waals surface area contributed by atoms with E-state index in [9.17, 15) is 4.79 Å². The summed E-state index contributed by atoms with van der Waals surface area (Å²) in [6, 6.07) is 0. The predicted molar refractivity (Wildman–Crippen MR) is 80.6 cm³/mol. The molecule has 0 saturated carbocycles. The first-order valence-electron chi connectivity index (χ1n) is 7.59. The van der Waals surface area contributed by atoms with Gasteiger partial charge in [-0.05, 0) is 33.4 Å². The van der Waals surface area contributed by atoms with Gasteiger partial charge in [0.1, 0.15) is 0 Å². The van der Waals surface area contributed by atoms with Crippen LogP contribution in [-0.4, -0.2) is 72.5 Å². The summed E-state index contributed by atoms with van der Waals surface area (Å²) in [5.74, 6) is 0. The monoisotopic (exact) mass is 306 g/mol. The maximum Gasteiger partial charge on any atom is 0.407 e. The molecule has 0 aliphatic carbocycles. The molecule has 1 amide bonds. The Bertz CT molecular complexity index is 229. The molecular weight excluding hydrogens is 276 g/mol. The van der Waals surface area contributed by atoms with Gasteiger partial charge in [-0.25, -0.2) is 4.79 Å². The molecule has 0 bridgehead atoms. The third kappa shape index (κ3) is 17.1. The van der Waals surface area contributed by atoms with Gasteiger partial charge < -0.3 is 29.6 Å². The summed E-state index contributed by atoms with van der Waals surface area (Å²) in [4.78, 5) is 11.0. The van der Waals surface area contributed by atoms with Gasteiger partial charge in [-0.3, -0.25) is 0 Å². The number of hydrogen-bond donors (Lipinski definition) is 2. The van der Waals surface area contributed by atoms with E-state index in [2.05, 4.69) is 10.6 Å². The molecule has 0 aromatic heterocycles. The molecule has 0 fully saturated rings. The van der Waals surface area contributed by atoms with Crippen LogP contribution in [0.15, 0.2) is 0 Å². The van der Waals surface area contributed by atoms with E-state index in [1.54, 1.807) is 6.92 Å². The fourth-order valence-electron chi connectivity index (χ4n) is 1.44. The lowest BCUT2D eigenvalue weighted by Crippen LogP contribution is -2.26. The van der Waals surface area contributed by atoms with E-state index in [4.69, 9.17) is 18.9 Å². The number of alkyl carbamates (subject to hydrolysis) is 1. The first kappa shape index (κ1) is 20.1. The van der Waals surface area contributed by atoms with Gasteiger partial charge in [-0.2, -0.15) is 0 Å². The highest BCUT2D eigenvalue weighted by Gasteiger charge is 1.98. The summed E-state index contributed by atoms with van der Waals surface area (Å²) in [6.45, 7) is 7.37. The quantitative estimate of drug-likeness (QED) is 0.435. The second-order valence-electron chi connectivity index (χ2n) is 4.30. The number of rotatable bonds is 15. The van der Waals surface area contributed by atoms with Crippen LogP contribution in [0.5, 0.6) is 0 Å². The van der Waals surface area contributed by atoms with Crippen LogP contribution in [0.3, 0.4) is 0 Å². The molecular formula is C14H30N2O5. The molecule has 0 rings (SSSR count). The van der Waals surface area contributed by atoms with Crippen molar-refractivity contribution in [3.05, 3.63) is 0 Å². The lowest BCUT2D eigenvalue weighted by molar-refractivity contribution is 0.0139. The molecule has 0 aliphatic rings. The largest absolute Gasteiger partial charge is 0.450 e. The van der Waals surface area contributed by atoms with Crippen LogP contribution < -0.4 is 10.6 Å². The van der Waals surface area contributed by atoms with Crippen molar-refractivity contribution in [1.82, 2.24) is 10.6 Å². The molecule has 0 aromatic rings. The minimum atomic E-state index is -0.379. The number of carbonyl (C=O) groups excluding carboxylic acids is 1. The van der Waals surface area contributed by atoms with E-state index in [1.807, 2.05) is 7.05 Å². The third-order valence-electron chi connectivity index (χ3n) is 2.47. The van der Waals surface area contributed by atoms with Crippen LogP contribution in [0.2, 0.25) is 0 Å². The number of amides is 1. The van der Waals surface area contributed by atoms with Gasteiger partial charge in [0.2, 0.25) is 0 Å².